The van der Waals surface area contributed by atoms with Crippen molar-refractivity contribution in [1.82, 2.24) is 9.80 Å². The number of amides is 2. The second kappa shape index (κ2) is 11.4. The zero-order valence-electron chi connectivity index (χ0n) is 20.3. The average molecular weight is 495 g/mol. The van der Waals surface area contributed by atoms with E-state index in [4.69, 9.17) is 0 Å². The number of hydrogen-bond donors (Lipinski definition) is 0. The first-order valence-corrected chi connectivity index (χ1v) is 13.3. The second-order valence-electron chi connectivity index (χ2n) is 9.17. The standard InChI is InChI=1S/C31H30N2O2S/c34-29(32(22-24-10-4-1-5-11-24)23-25-12-6-2-7-13-25)16-17-30(35)33-20-18-28-27(19-21-36-28)31(33)26-14-8-3-9-15-26/h1-15,19,21,31H,16-18,20,22-23H2. The van der Waals surface area contributed by atoms with Gasteiger partial charge in [-0.1, -0.05) is 91.0 Å². The molecule has 5 heteroatoms. The van der Waals surface area contributed by atoms with Crippen LogP contribution in [0.2, 0.25) is 0 Å². The molecule has 1 aliphatic heterocycles. The quantitative estimate of drug-likeness (QED) is 0.291. The summed E-state index contributed by atoms with van der Waals surface area (Å²) in [6.45, 7) is 1.73. The number of benzene rings is 3. The lowest BCUT2D eigenvalue weighted by Gasteiger charge is -2.36. The molecule has 2 heterocycles. The third kappa shape index (κ3) is 5.58. The maximum absolute atomic E-state index is 13.5. The summed E-state index contributed by atoms with van der Waals surface area (Å²) >= 11 is 1.76. The molecular weight excluding hydrogens is 464 g/mol. The van der Waals surface area contributed by atoms with Gasteiger partial charge in [0.1, 0.15) is 0 Å². The highest BCUT2D eigenvalue weighted by Crippen LogP contribution is 2.38. The van der Waals surface area contributed by atoms with Gasteiger partial charge in [-0.25, -0.2) is 0 Å². The molecule has 182 valence electrons. The van der Waals surface area contributed by atoms with Crippen molar-refractivity contribution < 1.29 is 9.59 Å². The zero-order chi connectivity index (χ0) is 24.7. The summed E-state index contributed by atoms with van der Waals surface area (Å²) in [4.78, 5) is 32.1. The van der Waals surface area contributed by atoms with E-state index in [1.54, 1.807) is 11.3 Å². The second-order valence-corrected chi connectivity index (χ2v) is 10.2. The van der Waals surface area contributed by atoms with Gasteiger partial charge in [0.05, 0.1) is 6.04 Å². The molecule has 4 nitrogen and oxygen atoms in total. The molecule has 0 saturated carbocycles. The molecule has 3 aromatic carbocycles. The van der Waals surface area contributed by atoms with Crippen molar-refractivity contribution in [3.8, 4) is 0 Å². The smallest absolute Gasteiger partial charge is 0.223 e. The number of carbonyl (C=O) groups excluding carboxylic acids is 2. The molecule has 0 bridgehead atoms. The van der Waals surface area contributed by atoms with E-state index in [1.165, 1.54) is 10.4 Å². The van der Waals surface area contributed by atoms with E-state index >= 15 is 0 Å². The molecule has 36 heavy (non-hydrogen) atoms. The van der Waals surface area contributed by atoms with Crippen LogP contribution in [0.5, 0.6) is 0 Å². The Kier molecular flexibility index (Phi) is 7.58. The van der Waals surface area contributed by atoms with Gasteiger partial charge in [-0.3, -0.25) is 9.59 Å². The molecule has 0 aliphatic carbocycles. The molecule has 0 fully saturated rings. The summed E-state index contributed by atoms with van der Waals surface area (Å²) in [5.74, 6) is 0.0361. The Morgan fingerprint density at radius 1 is 0.778 bits per heavy atom. The van der Waals surface area contributed by atoms with Crippen molar-refractivity contribution in [2.45, 2.75) is 38.4 Å². The highest BCUT2D eigenvalue weighted by molar-refractivity contribution is 7.10. The van der Waals surface area contributed by atoms with E-state index in [1.807, 2.05) is 88.7 Å². The zero-order valence-corrected chi connectivity index (χ0v) is 21.1. The van der Waals surface area contributed by atoms with E-state index in [2.05, 4.69) is 23.6 Å². The van der Waals surface area contributed by atoms with Crippen LogP contribution in [0.4, 0.5) is 0 Å². The SMILES string of the molecule is O=C(CCC(=O)N1CCc2sccc2C1c1ccccc1)N(Cc1ccccc1)Cc1ccccc1. The third-order valence-electron chi connectivity index (χ3n) is 6.74. The number of carbonyl (C=O) groups is 2. The Labute approximate surface area is 216 Å². The predicted molar refractivity (Wildman–Crippen MR) is 144 cm³/mol. The summed E-state index contributed by atoms with van der Waals surface area (Å²) in [5.41, 5.74) is 4.50. The summed E-state index contributed by atoms with van der Waals surface area (Å²) in [5, 5.41) is 2.11. The van der Waals surface area contributed by atoms with Crippen molar-refractivity contribution in [3.63, 3.8) is 0 Å². The Balaban J connectivity index is 1.30. The Morgan fingerprint density at radius 2 is 1.36 bits per heavy atom. The maximum atomic E-state index is 13.5. The van der Waals surface area contributed by atoms with Gasteiger partial charge in [-0.15, -0.1) is 11.3 Å². The minimum Gasteiger partial charge on any atom is -0.334 e. The monoisotopic (exact) mass is 494 g/mol. The molecule has 0 spiro atoms. The van der Waals surface area contributed by atoms with E-state index in [0.717, 1.165) is 23.1 Å². The number of nitrogens with zero attached hydrogens (tertiary/aromatic N) is 2. The normalized spacial score (nSPS) is 14.8. The lowest BCUT2D eigenvalue weighted by Crippen LogP contribution is -2.40. The van der Waals surface area contributed by atoms with Crippen LogP contribution < -0.4 is 0 Å². The van der Waals surface area contributed by atoms with Crippen LogP contribution in [0.25, 0.3) is 0 Å². The van der Waals surface area contributed by atoms with Crippen LogP contribution in [0.1, 0.15) is 46.0 Å². The number of thiophene rings is 1. The molecule has 2 amide bonds. The first kappa shape index (κ1) is 24.0. The van der Waals surface area contributed by atoms with Gasteiger partial charge in [0.15, 0.2) is 0 Å². The highest BCUT2D eigenvalue weighted by atomic mass is 32.1. The Bertz CT molecular complexity index is 1250. The molecule has 0 radical (unpaired) electrons. The summed E-state index contributed by atoms with van der Waals surface area (Å²) in [6.07, 6.45) is 1.28. The molecule has 0 saturated heterocycles. The van der Waals surface area contributed by atoms with E-state index < -0.39 is 0 Å². The fourth-order valence-corrected chi connectivity index (χ4v) is 5.84. The van der Waals surface area contributed by atoms with Gasteiger partial charge in [0.25, 0.3) is 0 Å². The van der Waals surface area contributed by atoms with Gasteiger partial charge >= 0.3 is 0 Å². The third-order valence-corrected chi connectivity index (χ3v) is 7.74. The van der Waals surface area contributed by atoms with Crippen molar-refractivity contribution in [1.29, 1.82) is 0 Å². The number of fused-ring (bicyclic) bond motifs is 1. The van der Waals surface area contributed by atoms with Crippen molar-refractivity contribution in [3.05, 3.63) is 130 Å². The van der Waals surface area contributed by atoms with Crippen LogP contribution in [0, 0.1) is 0 Å². The average Bonchev–Trinajstić information content (AvgIpc) is 3.41. The molecule has 5 rings (SSSR count). The van der Waals surface area contributed by atoms with Crippen LogP contribution in [0.3, 0.4) is 0 Å². The van der Waals surface area contributed by atoms with Crippen molar-refractivity contribution in [2.24, 2.45) is 0 Å². The van der Waals surface area contributed by atoms with E-state index in [9.17, 15) is 9.59 Å². The molecule has 0 N–H and O–H groups in total. The Morgan fingerprint density at radius 3 is 1.97 bits per heavy atom. The largest absolute Gasteiger partial charge is 0.334 e. The number of rotatable bonds is 8. The Hall–Kier alpha value is -3.70. The van der Waals surface area contributed by atoms with E-state index in [-0.39, 0.29) is 30.7 Å². The summed E-state index contributed by atoms with van der Waals surface area (Å²) in [7, 11) is 0. The van der Waals surface area contributed by atoms with Gasteiger partial charge in [-0.2, -0.15) is 0 Å². The summed E-state index contributed by atoms with van der Waals surface area (Å²) in [6, 6.07) is 32.3. The van der Waals surface area contributed by atoms with Crippen LogP contribution >= 0.6 is 11.3 Å². The number of hydrogen-bond acceptors (Lipinski definition) is 3. The molecule has 1 aromatic heterocycles. The van der Waals surface area contributed by atoms with Gasteiger partial charge in [-0.05, 0) is 40.1 Å². The first-order valence-electron chi connectivity index (χ1n) is 12.5. The molecule has 4 aromatic rings. The molecule has 1 aliphatic rings. The molecule has 1 unspecified atom stereocenters. The first-order chi connectivity index (χ1) is 17.7. The molecular formula is C31H30N2O2S. The lowest BCUT2D eigenvalue weighted by atomic mass is 9.93. The van der Waals surface area contributed by atoms with Crippen LogP contribution in [0.15, 0.2) is 102 Å². The summed E-state index contributed by atoms with van der Waals surface area (Å²) < 4.78 is 0. The minimum absolute atomic E-state index is 0.000508. The maximum Gasteiger partial charge on any atom is 0.223 e. The topological polar surface area (TPSA) is 40.6 Å². The lowest BCUT2D eigenvalue weighted by molar-refractivity contribution is -0.138. The van der Waals surface area contributed by atoms with Gasteiger partial charge < -0.3 is 9.80 Å². The highest BCUT2D eigenvalue weighted by Gasteiger charge is 2.32. The molecule has 1 atom stereocenters. The fourth-order valence-electron chi connectivity index (χ4n) is 4.94. The fraction of sp³-hybridized carbons (Fsp3) is 0.226. The van der Waals surface area contributed by atoms with Crippen LogP contribution in [-0.2, 0) is 29.1 Å². The van der Waals surface area contributed by atoms with Gasteiger partial charge in [0, 0.05) is 37.4 Å². The van der Waals surface area contributed by atoms with Crippen LogP contribution in [-0.4, -0.2) is 28.2 Å². The van der Waals surface area contributed by atoms with Gasteiger partial charge in [0.2, 0.25) is 11.8 Å². The minimum atomic E-state index is -0.0893. The van der Waals surface area contributed by atoms with Crippen molar-refractivity contribution >= 4 is 23.2 Å². The van der Waals surface area contributed by atoms with Crippen molar-refractivity contribution in [2.75, 3.05) is 6.54 Å². The predicted octanol–water partition coefficient (Wildman–Crippen LogP) is 6.23. The van der Waals surface area contributed by atoms with E-state index in [0.29, 0.717) is 19.6 Å².